The highest BCUT2D eigenvalue weighted by Gasteiger charge is 2.30. The van der Waals surface area contributed by atoms with Crippen LogP contribution in [0.15, 0.2) is 23.1 Å². The normalized spacial score (nSPS) is 20.8. The molecule has 1 saturated heterocycles. The number of amides is 1. The first-order chi connectivity index (χ1) is 10.4. The molecule has 1 amide bonds. The summed E-state index contributed by atoms with van der Waals surface area (Å²) in [6, 6.07) is 4.75. The molecule has 23 heavy (non-hydrogen) atoms. The summed E-state index contributed by atoms with van der Waals surface area (Å²) in [5.41, 5.74) is 6.47. The van der Waals surface area contributed by atoms with Crippen molar-refractivity contribution in [3.05, 3.63) is 23.8 Å². The van der Waals surface area contributed by atoms with Gasteiger partial charge in [0.1, 0.15) is 6.10 Å². The molecule has 0 bridgehead atoms. The molecule has 0 spiro atoms. The molecule has 1 fully saturated rings. The first-order valence-corrected chi connectivity index (χ1v) is 8.57. The second-order valence-electron chi connectivity index (χ2n) is 5.19. The van der Waals surface area contributed by atoms with Gasteiger partial charge in [-0.05, 0) is 44.5 Å². The third-order valence-corrected chi connectivity index (χ3v) is 5.32. The van der Waals surface area contributed by atoms with E-state index in [1.807, 2.05) is 0 Å². The van der Waals surface area contributed by atoms with Crippen LogP contribution in [0.3, 0.4) is 0 Å². The van der Waals surface area contributed by atoms with Crippen molar-refractivity contribution in [2.24, 2.45) is 5.73 Å². The summed E-state index contributed by atoms with van der Waals surface area (Å²) in [4.78, 5) is 12.4. The van der Waals surface area contributed by atoms with Gasteiger partial charge in [0.15, 0.2) is 0 Å². The molecule has 0 aromatic heterocycles. The average Bonchev–Trinajstić information content (AvgIpc) is 2.98. The quantitative estimate of drug-likeness (QED) is 0.715. The summed E-state index contributed by atoms with van der Waals surface area (Å²) in [5.74, 6) is -0.280. The maximum Gasteiger partial charge on any atom is 0.253 e. The monoisotopic (exact) mass is 363 g/mol. The predicted octanol–water partition coefficient (Wildman–Crippen LogP) is 0.770. The van der Waals surface area contributed by atoms with E-state index in [4.69, 9.17) is 10.5 Å². The van der Waals surface area contributed by atoms with Crippen LogP contribution >= 0.6 is 12.4 Å². The summed E-state index contributed by atoms with van der Waals surface area (Å²) in [5, 5.41) is 2.74. The highest BCUT2D eigenvalue weighted by atomic mass is 35.5. The Labute approximate surface area is 142 Å². The Bertz CT molecular complexity index is 666. The van der Waals surface area contributed by atoms with E-state index in [1.54, 1.807) is 19.1 Å². The van der Waals surface area contributed by atoms with Gasteiger partial charge in [-0.3, -0.25) is 4.79 Å². The van der Waals surface area contributed by atoms with Crippen LogP contribution in [-0.4, -0.2) is 40.1 Å². The van der Waals surface area contributed by atoms with E-state index < -0.39 is 16.1 Å². The second-order valence-corrected chi connectivity index (χ2v) is 7.04. The minimum atomic E-state index is -3.57. The number of nitrogens with two attached hydrogens (primary N) is 1. The van der Waals surface area contributed by atoms with E-state index in [-0.39, 0.29) is 29.3 Å². The van der Waals surface area contributed by atoms with E-state index in [0.717, 1.165) is 6.42 Å². The number of benzene rings is 1. The standard InChI is InChI=1S/C14H21N3O4S.ClH/c1-9-11(4-3-5-13(9)22(19,20)16-2)17-14(18)12-7-6-10(8-15)21-12;/h3-5,10,12,16H,6-8,15H2,1-2H3,(H,17,18);1H/t10-,12+;/m1./s1. The number of hydrogen-bond donors (Lipinski definition) is 3. The molecule has 1 aromatic rings. The molecule has 1 aliphatic rings. The van der Waals surface area contributed by atoms with Crippen molar-refractivity contribution in [1.29, 1.82) is 0 Å². The number of halogens is 1. The lowest BCUT2D eigenvalue weighted by molar-refractivity contribution is -0.126. The van der Waals surface area contributed by atoms with Crippen LogP contribution in [0, 0.1) is 6.92 Å². The second kappa shape index (κ2) is 8.07. The maximum atomic E-state index is 12.2. The van der Waals surface area contributed by atoms with E-state index in [2.05, 4.69) is 10.0 Å². The fourth-order valence-corrected chi connectivity index (χ4v) is 3.43. The van der Waals surface area contributed by atoms with Crippen LogP contribution in [0.2, 0.25) is 0 Å². The van der Waals surface area contributed by atoms with Crippen molar-refractivity contribution in [2.45, 2.75) is 36.9 Å². The predicted molar refractivity (Wildman–Crippen MR) is 90.3 cm³/mol. The molecule has 9 heteroatoms. The molecule has 1 aliphatic heterocycles. The summed E-state index contributed by atoms with van der Waals surface area (Å²) in [6.07, 6.45) is 0.730. The van der Waals surface area contributed by atoms with Gasteiger partial charge >= 0.3 is 0 Å². The molecule has 0 radical (unpaired) electrons. The minimum Gasteiger partial charge on any atom is -0.364 e. The summed E-state index contributed by atoms with van der Waals surface area (Å²) in [7, 11) is -2.22. The number of sulfonamides is 1. The molecular weight excluding hydrogens is 342 g/mol. The number of rotatable bonds is 5. The number of anilines is 1. The molecule has 0 unspecified atom stereocenters. The lowest BCUT2D eigenvalue weighted by Gasteiger charge is -2.15. The molecule has 7 nitrogen and oxygen atoms in total. The van der Waals surface area contributed by atoms with Gasteiger partial charge in [-0.2, -0.15) is 0 Å². The Balaban J connectivity index is 0.00000264. The zero-order valence-corrected chi connectivity index (χ0v) is 14.7. The first-order valence-electron chi connectivity index (χ1n) is 7.08. The van der Waals surface area contributed by atoms with Crippen molar-refractivity contribution >= 4 is 34.0 Å². The number of ether oxygens (including phenoxy) is 1. The Morgan fingerprint density at radius 3 is 2.65 bits per heavy atom. The Morgan fingerprint density at radius 2 is 2.09 bits per heavy atom. The lowest BCUT2D eigenvalue weighted by atomic mass is 10.1. The number of carbonyl (C=O) groups excluding carboxylic acids is 1. The van der Waals surface area contributed by atoms with Crippen LogP contribution in [0.1, 0.15) is 18.4 Å². The van der Waals surface area contributed by atoms with Crippen molar-refractivity contribution in [1.82, 2.24) is 4.72 Å². The number of carbonyl (C=O) groups is 1. The van der Waals surface area contributed by atoms with Gasteiger partial charge in [0, 0.05) is 12.2 Å². The Morgan fingerprint density at radius 1 is 1.39 bits per heavy atom. The van der Waals surface area contributed by atoms with Gasteiger partial charge in [0.05, 0.1) is 11.0 Å². The molecule has 2 rings (SSSR count). The summed E-state index contributed by atoms with van der Waals surface area (Å²) < 4.78 is 31.7. The van der Waals surface area contributed by atoms with Gasteiger partial charge in [0.2, 0.25) is 10.0 Å². The topological polar surface area (TPSA) is 111 Å². The molecule has 1 aromatic carbocycles. The summed E-state index contributed by atoms with van der Waals surface area (Å²) >= 11 is 0. The molecule has 1 heterocycles. The summed E-state index contributed by atoms with van der Waals surface area (Å²) in [6.45, 7) is 2.04. The fraction of sp³-hybridized carbons (Fsp3) is 0.500. The number of nitrogens with one attached hydrogen (secondary N) is 2. The fourth-order valence-electron chi connectivity index (χ4n) is 2.44. The van der Waals surface area contributed by atoms with Gasteiger partial charge in [-0.25, -0.2) is 13.1 Å². The van der Waals surface area contributed by atoms with E-state index in [9.17, 15) is 13.2 Å². The van der Waals surface area contributed by atoms with Crippen molar-refractivity contribution in [2.75, 3.05) is 18.9 Å². The van der Waals surface area contributed by atoms with E-state index >= 15 is 0 Å². The third kappa shape index (κ3) is 4.42. The minimum absolute atomic E-state index is 0. The third-order valence-electron chi connectivity index (χ3n) is 3.76. The molecule has 0 aliphatic carbocycles. The zero-order chi connectivity index (χ0) is 16.3. The van der Waals surface area contributed by atoms with Gasteiger partial charge in [-0.15, -0.1) is 12.4 Å². The molecular formula is C14H22ClN3O4S. The largest absolute Gasteiger partial charge is 0.364 e. The SMILES string of the molecule is CNS(=O)(=O)c1cccc(NC(=O)[C@@H]2CC[C@H](CN)O2)c1C.Cl. The Kier molecular flexibility index (Phi) is 6.97. The van der Waals surface area contributed by atoms with Gasteiger partial charge in [-0.1, -0.05) is 6.07 Å². The number of hydrogen-bond acceptors (Lipinski definition) is 5. The van der Waals surface area contributed by atoms with Crippen LogP contribution in [0.4, 0.5) is 5.69 Å². The maximum absolute atomic E-state index is 12.2. The lowest BCUT2D eigenvalue weighted by Crippen LogP contribution is -2.30. The highest BCUT2D eigenvalue weighted by Crippen LogP contribution is 2.25. The van der Waals surface area contributed by atoms with E-state index in [0.29, 0.717) is 24.2 Å². The molecule has 0 saturated carbocycles. The molecule has 130 valence electrons. The smallest absolute Gasteiger partial charge is 0.253 e. The highest BCUT2D eigenvalue weighted by molar-refractivity contribution is 7.89. The van der Waals surface area contributed by atoms with Crippen LogP contribution in [-0.2, 0) is 19.6 Å². The van der Waals surface area contributed by atoms with Crippen LogP contribution < -0.4 is 15.8 Å². The van der Waals surface area contributed by atoms with Crippen LogP contribution in [0.25, 0.3) is 0 Å². The van der Waals surface area contributed by atoms with Crippen molar-refractivity contribution < 1.29 is 17.9 Å². The molecule has 4 N–H and O–H groups in total. The van der Waals surface area contributed by atoms with Gasteiger partial charge in [0.25, 0.3) is 5.91 Å². The van der Waals surface area contributed by atoms with Crippen molar-refractivity contribution in [3.8, 4) is 0 Å². The first kappa shape index (κ1) is 19.9. The van der Waals surface area contributed by atoms with E-state index in [1.165, 1.54) is 13.1 Å². The average molecular weight is 364 g/mol. The Hall–Kier alpha value is -1.19. The van der Waals surface area contributed by atoms with Crippen molar-refractivity contribution in [3.63, 3.8) is 0 Å². The van der Waals surface area contributed by atoms with Crippen LogP contribution in [0.5, 0.6) is 0 Å². The van der Waals surface area contributed by atoms with Gasteiger partial charge < -0.3 is 15.8 Å². The zero-order valence-electron chi connectivity index (χ0n) is 13.0. The molecule has 2 atom stereocenters.